The summed E-state index contributed by atoms with van der Waals surface area (Å²) in [6.45, 7) is 11.9. The van der Waals surface area contributed by atoms with Crippen molar-refractivity contribution in [1.82, 2.24) is 15.1 Å². The quantitative estimate of drug-likeness (QED) is 0.148. The van der Waals surface area contributed by atoms with Gasteiger partial charge in [-0.1, -0.05) is 56.3 Å². The number of esters is 1. The van der Waals surface area contributed by atoms with Crippen molar-refractivity contribution in [2.24, 2.45) is 0 Å². The lowest BCUT2D eigenvalue weighted by Crippen LogP contribution is -2.59. The molecule has 0 aromatic heterocycles. The van der Waals surface area contributed by atoms with E-state index in [1.165, 1.54) is 0 Å². The second-order valence-electron chi connectivity index (χ2n) is 12.1. The number of nitrogens with zero attached hydrogens (tertiary/aromatic N) is 2. The van der Waals surface area contributed by atoms with Crippen LogP contribution in [0.15, 0.2) is 54.6 Å². The van der Waals surface area contributed by atoms with E-state index in [2.05, 4.69) is 24.1 Å². The van der Waals surface area contributed by atoms with E-state index in [9.17, 15) is 14.4 Å². The molecule has 2 amide bonds. The van der Waals surface area contributed by atoms with Gasteiger partial charge in [-0.15, -0.1) is 0 Å². The zero-order chi connectivity index (χ0) is 34.8. The number of hydrogen-bond donors (Lipinski definition) is 1. The third kappa shape index (κ3) is 13.3. The lowest BCUT2D eigenvalue weighted by molar-refractivity contribution is -0.145. The smallest absolute Gasteiger partial charge is 0.337 e. The fraction of sp³-hybridized carbons (Fsp3) is 0.583. The van der Waals surface area contributed by atoms with Gasteiger partial charge in [0.05, 0.1) is 39.0 Å². The number of rotatable bonds is 21. The molecule has 12 heteroatoms. The molecule has 1 saturated heterocycles. The number of hydrogen-bond acceptors (Lipinski definition) is 9. The normalized spacial score (nSPS) is 15.9. The van der Waals surface area contributed by atoms with Crippen LogP contribution in [0.5, 0.6) is 5.75 Å². The van der Waals surface area contributed by atoms with Crippen molar-refractivity contribution in [2.45, 2.75) is 84.3 Å². The number of benzene rings is 2. The minimum Gasteiger partial charge on any atom is -0.497 e. The minimum atomic E-state index is -2.56. The number of piperazine rings is 1. The van der Waals surface area contributed by atoms with Crippen molar-refractivity contribution in [1.29, 1.82) is 0 Å². The lowest BCUT2D eigenvalue weighted by atomic mass is 10.1. The van der Waals surface area contributed by atoms with E-state index in [-0.39, 0.29) is 55.9 Å². The molecular weight excluding hydrogens is 630 g/mol. The largest absolute Gasteiger partial charge is 0.497 e. The van der Waals surface area contributed by atoms with Crippen molar-refractivity contribution in [2.75, 3.05) is 53.1 Å². The fourth-order valence-corrected chi connectivity index (χ4v) is 8.22. The molecule has 1 aliphatic rings. The molecule has 48 heavy (non-hydrogen) atoms. The van der Waals surface area contributed by atoms with Crippen LogP contribution in [-0.2, 0) is 45.9 Å². The van der Waals surface area contributed by atoms with Gasteiger partial charge in [0.1, 0.15) is 12.4 Å². The summed E-state index contributed by atoms with van der Waals surface area (Å²) in [4.78, 5) is 42.6. The van der Waals surface area contributed by atoms with E-state index in [0.717, 1.165) is 29.0 Å². The van der Waals surface area contributed by atoms with Gasteiger partial charge in [-0.2, -0.15) is 0 Å². The van der Waals surface area contributed by atoms with E-state index in [1.54, 1.807) is 7.11 Å². The molecule has 1 heterocycles. The summed E-state index contributed by atoms with van der Waals surface area (Å²) < 4.78 is 29.3. The van der Waals surface area contributed by atoms with Crippen LogP contribution in [0.4, 0.5) is 0 Å². The molecule has 3 rings (SSSR count). The maximum Gasteiger partial charge on any atom is 0.337 e. The number of amides is 2. The van der Waals surface area contributed by atoms with Gasteiger partial charge in [-0.3, -0.25) is 19.3 Å². The van der Waals surface area contributed by atoms with Crippen LogP contribution in [0.2, 0.25) is 12.1 Å². The van der Waals surface area contributed by atoms with Crippen LogP contribution in [0.3, 0.4) is 0 Å². The summed E-state index contributed by atoms with van der Waals surface area (Å²) >= 11 is 0. The van der Waals surface area contributed by atoms with E-state index in [4.69, 9.17) is 23.1 Å². The Kier molecular flexibility index (Phi) is 17.1. The Labute approximate surface area is 287 Å². The van der Waals surface area contributed by atoms with Crippen molar-refractivity contribution in [3.8, 4) is 5.75 Å². The standard InChI is InChI=1S/C36H55N3O8Si/c1-6-44-26-29(4)47-48(7-2,8-3)46-28-32-24-39(35(41)15-12-16-36(42)45-27-31-13-10-9-11-14-31)22-21-38(32)25-34(40)37-23-30-17-19-33(43-5)20-18-30/h9-11,13-14,17-20,29,32H,6-8,12,15-16,21-28H2,1-5H3,(H,37,40). The minimum absolute atomic E-state index is 0.0180. The average molecular weight is 686 g/mol. The number of ether oxygens (including phenoxy) is 3. The molecule has 1 fully saturated rings. The summed E-state index contributed by atoms with van der Waals surface area (Å²) in [6, 6.07) is 18.5. The Bertz CT molecular complexity index is 1250. The Hall–Kier alpha value is -3.29. The molecule has 2 unspecified atom stereocenters. The van der Waals surface area contributed by atoms with Gasteiger partial charge >= 0.3 is 14.5 Å². The molecule has 0 radical (unpaired) electrons. The van der Waals surface area contributed by atoms with E-state index in [1.807, 2.05) is 73.3 Å². The van der Waals surface area contributed by atoms with Gasteiger partial charge in [0, 0.05) is 45.6 Å². The maximum atomic E-state index is 13.3. The highest BCUT2D eigenvalue weighted by Gasteiger charge is 2.38. The molecule has 11 nitrogen and oxygen atoms in total. The summed E-state index contributed by atoms with van der Waals surface area (Å²) in [6.07, 6.45) is 0.740. The van der Waals surface area contributed by atoms with Crippen LogP contribution in [0, 0.1) is 0 Å². The molecule has 0 spiro atoms. The topological polar surface area (TPSA) is 116 Å². The zero-order valence-electron chi connectivity index (χ0n) is 29.4. The van der Waals surface area contributed by atoms with Gasteiger partial charge in [-0.05, 0) is 55.6 Å². The van der Waals surface area contributed by atoms with Gasteiger partial charge < -0.3 is 33.3 Å². The van der Waals surface area contributed by atoms with Gasteiger partial charge in [0.25, 0.3) is 0 Å². The fourth-order valence-electron chi connectivity index (χ4n) is 5.61. The van der Waals surface area contributed by atoms with Crippen LogP contribution in [0.25, 0.3) is 0 Å². The molecule has 0 saturated carbocycles. The SMILES string of the molecule is CCOCC(C)O[Si](CC)(CC)OCC1CN(C(=O)CCCC(=O)OCc2ccccc2)CCN1CC(=O)NCc1ccc(OC)cc1. The van der Waals surface area contributed by atoms with E-state index in [0.29, 0.717) is 52.4 Å². The van der Waals surface area contributed by atoms with Gasteiger partial charge in [0.15, 0.2) is 0 Å². The molecule has 0 bridgehead atoms. The van der Waals surface area contributed by atoms with Gasteiger partial charge in [-0.25, -0.2) is 0 Å². The second kappa shape index (κ2) is 20.9. The van der Waals surface area contributed by atoms with Crippen molar-refractivity contribution in [3.05, 3.63) is 65.7 Å². The molecular formula is C36H55N3O8Si. The summed E-state index contributed by atoms with van der Waals surface area (Å²) in [5.74, 6) is 0.331. The summed E-state index contributed by atoms with van der Waals surface area (Å²) in [5.41, 5.74) is 1.90. The third-order valence-corrected chi connectivity index (χ3v) is 12.2. The predicted molar refractivity (Wildman–Crippen MR) is 187 cm³/mol. The van der Waals surface area contributed by atoms with Crippen molar-refractivity contribution in [3.63, 3.8) is 0 Å². The molecule has 266 valence electrons. The third-order valence-electron chi connectivity index (χ3n) is 8.56. The van der Waals surface area contributed by atoms with Gasteiger partial charge in [0.2, 0.25) is 11.8 Å². The first-order chi connectivity index (χ1) is 23.2. The van der Waals surface area contributed by atoms with Crippen LogP contribution in [0.1, 0.15) is 58.1 Å². The molecule has 2 aromatic carbocycles. The summed E-state index contributed by atoms with van der Waals surface area (Å²) in [7, 11) is -0.944. The molecule has 1 N–H and O–H groups in total. The average Bonchev–Trinajstić information content (AvgIpc) is 3.11. The first-order valence-corrected chi connectivity index (χ1v) is 19.4. The highest BCUT2D eigenvalue weighted by molar-refractivity contribution is 6.67. The summed E-state index contributed by atoms with van der Waals surface area (Å²) in [5, 5.41) is 3.02. The highest BCUT2D eigenvalue weighted by atomic mass is 28.4. The molecule has 2 aromatic rings. The monoisotopic (exact) mass is 685 g/mol. The number of methoxy groups -OCH3 is 1. The van der Waals surface area contributed by atoms with E-state index >= 15 is 0 Å². The Balaban J connectivity index is 1.59. The molecule has 2 atom stereocenters. The van der Waals surface area contributed by atoms with Crippen LogP contribution in [-0.4, -0.2) is 101 Å². The molecule has 0 aliphatic carbocycles. The first-order valence-electron chi connectivity index (χ1n) is 17.2. The Morgan fingerprint density at radius 1 is 0.958 bits per heavy atom. The van der Waals surface area contributed by atoms with Crippen molar-refractivity contribution < 1.29 is 37.4 Å². The van der Waals surface area contributed by atoms with Crippen LogP contribution < -0.4 is 10.1 Å². The van der Waals surface area contributed by atoms with Crippen molar-refractivity contribution >= 4 is 26.3 Å². The maximum absolute atomic E-state index is 13.3. The van der Waals surface area contributed by atoms with Crippen LogP contribution >= 0.6 is 0 Å². The Morgan fingerprint density at radius 2 is 1.69 bits per heavy atom. The Morgan fingerprint density at radius 3 is 2.35 bits per heavy atom. The predicted octanol–water partition coefficient (Wildman–Crippen LogP) is 4.68. The zero-order valence-corrected chi connectivity index (χ0v) is 30.4. The second-order valence-corrected chi connectivity index (χ2v) is 15.9. The number of carbonyl (C=O) groups excluding carboxylic acids is 3. The van der Waals surface area contributed by atoms with E-state index < -0.39 is 8.56 Å². The highest BCUT2D eigenvalue weighted by Crippen LogP contribution is 2.23. The number of nitrogens with one attached hydrogen (secondary N) is 1. The molecule has 1 aliphatic heterocycles. The lowest BCUT2D eigenvalue weighted by Gasteiger charge is -2.42. The first kappa shape index (κ1) is 39.1. The number of carbonyl (C=O) groups is 3.